The normalized spacial score (nSPS) is 15.3. The Morgan fingerprint density at radius 3 is 2.73 bits per heavy atom. The predicted octanol–water partition coefficient (Wildman–Crippen LogP) is 3.74. The van der Waals surface area contributed by atoms with Crippen LogP contribution in [0.3, 0.4) is 0 Å². The molecule has 2 fully saturated rings. The Morgan fingerprint density at radius 2 is 2.00 bits per heavy atom. The molecule has 1 saturated carbocycles. The molecule has 0 unspecified atom stereocenters. The number of fused-ring (bicyclic) bond motifs is 3. The monoisotopic (exact) mass is 493 g/mol. The topological polar surface area (TPSA) is 115 Å². The second-order valence-electron chi connectivity index (χ2n) is 9.67. The van der Waals surface area contributed by atoms with Crippen molar-refractivity contribution in [2.45, 2.75) is 38.1 Å². The second kappa shape index (κ2) is 9.54. The van der Waals surface area contributed by atoms with E-state index in [4.69, 9.17) is 9.97 Å². The molecule has 1 aliphatic carbocycles. The van der Waals surface area contributed by atoms with Crippen LogP contribution in [-0.4, -0.2) is 56.8 Å². The van der Waals surface area contributed by atoms with Gasteiger partial charge in [-0.15, -0.1) is 0 Å². The molecule has 9 heteroatoms. The molecule has 6 rings (SSSR count). The zero-order valence-electron chi connectivity index (χ0n) is 20.4. The number of nitrogens with one attached hydrogen (secondary N) is 2. The highest BCUT2D eigenvalue weighted by Crippen LogP contribution is 2.29. The Labute approximate surface area is 214 Å². The lowest BCUT2D eigenvalue weighted by Gasteiger charge is -2.16. The van der Waals surface area contributed by atoms with Gasteiger partial charge in [0.1, 0.15) is 0 Å². The van der Waals surface area contributed by atoms with Crippen LogP contribution >= 0.6 is 0 Å². The molecule has 9 nitrogen and oxygen atoms in total. The zero-order chi connectivity index (χ0) is 25.4. The third-order valence-corrected chi connectivity index (χ3v) is 6.98. The van der Waals surface area contributed by atoms with Crippen molar-refractivity contribution in [3.05, 3.63) is 59.8 Å². The van der Waals surface area contributed by atoms with Crippen LogP contribution in [0.4, 0.5) is 5.82 Å². The number of nitrogens with zero attached hydrogens (tertiary/aromatic N) is 5. The van der Waals surface area contributed by atoms with Gasteiger partial charge in [-0.3, -0.25) is 14.0 Å². The van der Waals surface area contributed by atoms with Crippen LogP contribution in [0.25, 0.3) is 27.9 Å². The minimum Gasteiger partial charge on any atom is -0.367 e. The van der Waals surface area contributed by atoms with Crippen molar-refractivity contribution in [2.75, 3.05) is 25.0 Å². The van der Waals surface area contributed by atoms with Crippen LogP contribution in [0.15, 0.2) is 48.7 Å². The molecule has 0 atom stereocenters. The van der Waals surface area contributed by atoms with Gasteiger partial charge >= 0.3 is 0 Å². The number of anilines is 1. The molecule has 2 aromatic carbocycles. The average Bonchev–Trinajstić information content (AvgIpc) is 3.46. The molecule has 37 heavy (non-hydrogen) atoms. The maximum atomic E-state index is 12.4. The smallest absolute Gasteiger partial charge is 0.251 e. The van der Waals surface area contributed by atoms with Gasteiger partial charge in [0.2, 0.25) is 5.91 Å². The molecule has 2 amide bonds. The van der Waals surface area contributed by atoms with Crippen LogP contribution in [0, 0.1) is 11.3 Å². The van der Waals surface area contributed by atoms with E-state index in [0.29, 0.717) is 53.7 Å². The Balaban J connectivity index is 1.32. The molecule has 2 N–H and O–H groups in total. The fraction of sp³-hybridized carbons (Fsp3) is 0.321. The van der Waals surface area contributed by atoms with Crippen molar-refractivity contribution >= 4 is 34.3 Å². The number of carbonyl (C=O) groups excluding carboxylic acids is 2. The summed E-state index contributed by atoms with van der Waals surface area (Å²) in [4.78, 5) is 35.7. The number of hydrogen-bond donors (Lipinski definition) is 2. The van der Waals surface area contributed by atoms with Gasteiger partial charge in [-0.05, 0) is 56.0 Å². The molecule has 1 saturated heterocycles. The Bertz CT molecular complexity index is 1550. The molecule has 2 aromatic heterocycles. The maximum Gasteiger partial charge on any atom is 0.251 e. The Morgan fingerprint density at radius 1 is 1.16 bits per heavy atom. The van der Waals surface area contributed by atoms with Gasteiger partial charge in [0.05, 0.1) is 34.6 Å². The number of imidazole rings is 1. The number of aromatic nitrogens is 3. The van der Waals surface area contributed by atoms with E-state index in [0.717, 1.165) is 49.0 Å². The van der Waals surface area contributed by atoms with Gasteiger partial charge in [-0.2, -0.15) is 5.26 Å². The molecule has 4 aromatic rings. The van der Waals surface area contributed by atoms with Crippen molar-refractivity contribution in [2.24, 2.45) is 0 Å². The number of hydrogen-bond acceptors (Lipinski definition) is 6. The fourth-order valence-corrected chi connectivity index (χ4v) is 4.83. The SMILES string of the molecule is N#Cc1ccc2c(c1)nc(NCCCN1CCCC1=O)c1ncc(-c3ccc(C(=O)NC4CC4)cc3)n12. The molecule has 1 aliphatic heterocycles. The summed E-state index contributed by atoms with van der Waals surface area (Å²) < 4.78 is 2.04. The van der Waals surface area contributed by atoms with E-state index in [1.165, 1.54) is 0 Å². The first-order chi connectivity index (χ1) is 18.1. The van der Waals surface area contributed by atoms with E-state index in [2.05, 4.69) is 16.7 Å². The summed E-state index contributed by atoms with van der Waals surface area (Å²) in [6, 6.07) is 15.5. The summed E-state index contributed by atoms with van der Waals surface area (Å²) >= 11 is 0. The van der Waals surface area contributed by atoms with Gasteiger partial charge in [0.15, 0.2) is 11.5 Å². The van der Waals surface area contributed by atoms with E-state index in [-0.39, 0.29) is 11.8 Å². The van der Waals surface area contributed by atoms with Gasteiger partial charge in [0.25, 0.3) is 5.91 Å². The second-order valence-corrected chi connectivity index (χ2v) is 9.67. The largest absolute Gasteiger partial charge is 0.367 e. The number of benzene rings is 2. The lowest BCUT2D eigenvalue weighted by atomic mass is 10.1. The van der Waals surface area contributed by atoms with Crippen molar-refractivity contribution in [1.29, 1.82) is 5.26 Å². The standard InChI is InChI=1S/C28H27N7O2/c29-16-18-4-11-23-22(15-18)33-26(30-12-2-14-34-13-1-3-25(34)36)27-31-17-24(35(23)27)19-5-7-20(8-6-19)28(37)32-21-9-10-21/h4-8,11,15,17,21H,1-3,9-10,12-14H2,(H,30,33)(H,32,37). The highest BCUT2D eigenvalue weighted by Gasteiger charge is 2.24. The molecule has 0 spiro atoms. The van der Waals surface area contributed by atoms with Crippen molar-refractivity contribution in [1.82, 2.24) is 24.6 Å². The molecular formula is C28H27N7O2. The highest BCUT2D eigenvalue weighted by molar-refractivity contribution is 5.95. The third-order valence-electron chi connectivity index (χ3n) is 6.98. The molecule has 0 bridgehead atoms. The van der Waals surface area contributed by atoms with Crippen LogP contribution in [0.5, 0.6) is 0 Å². The quantitative estimate of drug-likeness (QED) is 0.361. The van der Waals surface area contributed by atoms with E-state index in [1.54, 1.807) is 12.1 Å². The number of rotatable bonds is 8. The number of likely N-dealkylation sites (tertiary alicyclic amines) is 1. The van der Waals surface area contributed by atoms with Gasteiger partial charge < -0.3 is 15.5 Å². The Hall–Kier alpha value is -4.45. The van der Waals surface area contributed by atoms with E-state index in [9.17, 15) is 14.9 Å². The number of carbonyl (C=O) groups is 2. The molecule has 3 heterocycles. The molecule has 186 valence electrons. The number of amides is 2. The first-order valence-electron chi connectivity index (χ1n) is 12.7. The molecule has 2 aliphatic rings. The summed E-state index contributed by atoms with van der Waals surface area (Å²) in [5.41, 5.74) is 5.16. The molecular weight excluding hydrogens is 466 g/mol. The first kappa shape index (κ1) is 23.0. The fourth-order valence-electron chi connectivity index (χ4n) is 4.83. The molecule has 0 radical (unpaired) electrons. The highest BCUT2D eigenvalue weighted by atomic mass is 16.2. The van der Waals surface area contributed by atoms with Crippen LogP contribution < -0.4 is 10.6 Å². The van der Waals surface area contributed by atoms with Gasteiger partial charge in [-0.1, -0.05) is 12.1 Å². The van der Waals surface area contributed by atoms with E-state index in [1.807, 2.05) is 45.8 Å². The predicted molar refractivity (Wildman–Crippen MR) is 140 cm³/mol. The summed E-state index contributed by atoms with van der Waals surface area (Å²) in [7, 11) is 0. The van der Waals surface area contributed by atoms with Crippen LogP contribution in [0.1, 0.15) is 48.0 Å². The van der Waals surface area contributed by atoms with Crippen molar-refractivity contribution < 1.29 is 9.59 Å². The summed E-state index contributed by atoms with van der Waals surface area (Å²) in [5.74, 6) is 0.805. The summed E-state index contributed by atoms with van der Waals surface area (Å²) in [5, 5.41) is 15.8. The maximum absolute atomic E-state index is 12.4. The first-order valence-corrected chi connectivity index (χ1v) is 12.7. The summed E-state index contributed by atoms with van der Waals surface area (Å²) in [6.45, 7) is 2.19. The average molecular weight is 494 g/mol. The van der Waals surface area contributed by atoms with Crippen LogP contribution in [-0.2, 0) is 4.79 Å². The van der Waals surface area contributed by atoms with Gasteiger partial charge in [0, 0.05) is 43.2 Å². The van der Waals surface area contributed by atoms with E-state index >= 15 is 0 Å². The summed E-state index contributed by atoms with van der Waals surface area (Å²) in [6.07, 6.45) is 6.28. The van der Waals surface area contributed by atoms with Crippen LogP contribution in [0.2, 0.25) is 0 Å². The minimum atomic E-state index is -0.0482. The Kier molecular flexibility index (Phi) is 5.93. The number of nitriles is 1. The third kappa shape index (κ3) is 4.58. The lowest BCUT2D eigenvalue weighted by Crippen LogP contribution is -2.27. The lowest BCUT2D eigenvalue weighted by molar-refractivity contribution is -0.127. The van der Waals surface area contributed by atoms with Crippen molar-refractivity contribution in [3.8, 4) is 17.3 Å². The van der Waals surface area contributed by atoms with Gasteiger partial charge in [-0.25, -0.2) is 9.97 Å². The zero-order valence-corrected chi connectivity index (χ0v) is 20.4. The minimum absolute atomic E-state index is 0.0482. The van der Waals surface area contributed by atoms with Crippen molar-refractivity contribution in [3.63, 3.8) is 0 Å². The van der Waals surface area contributed by atoms with E-state index < -0.39 is 0 Å².